The summed E-state index contributed by atoms with van der Waals surface area (Å²) in [5, 5.41) is 0.682. The van der Waals surface area contributed by atoms with Crippen molar-refractivity contribution in [2.24, 2.45) is 7.05 Å². The molecule has 0 spiro atoms. The molecule has 0 saturated carbocycles. The molecule has 1 aromatic carbocycles. The number of hydrogen-bond donors (Lipinski definition) is 0. The van der Waals surface area contributed by atoms with Crippen molar-refractivity contribution in [1.82, 2.24) is 9.55 Å². The average molecular weight is 306 g/mol. The van der Waals surface area contributed by atoms with Gasteiger partial charge in [-0.3, -0.25) is 14.2 Å². The third kappa shape index (κ3) is 3.44. The standard InChI is InChI=1S/C15H18N2O3S/c1-4-9-20-14(19)10(2)21-15-16-12-8-6-5-7-11(12)13(18)17(15)3/h5-8,10H,4,9H2,1-3H3/t10-/m0/s1. The van der Waals surface area contributed by atoms with Gasteiger partial charge in [-0.05, 0) is 25.5 Å². The van der Waals surface area contributed by atoms with Crippen molar-refractivity contribution in [3.63, 3.8) is 0 Å². The van der Waals surface area contributed by atoms with Crippen LogP contribution in [0.15, 0.2) is 34.2 Å². The van der Waals surface area contributed by atoms with Crippen molar-refractivity contribution in [3.8, 4) is 0 Å². The summed E-state index contributed by atoms with van der Waals surface area (Å²) in [6, 6.07) is 7.18. The number of thioether (sulfide) groups is 1. The fourth-order valence-corrected chi connectivity index (χ4v) is 2.70. The minimum absolute atomic E-state index is 0.114. The number of carbonyl (C=O) groups excluding carboxylic acids is 1. The quantitative estimate of drug-likeness (QED) is 0.482. The van der Waals surface area contributed by atoms with Crippen LogP contribution in [0.2, 0.25) is 0 Å². The fraction of sp³-hybridized carbons (Fsp3) is 0.400. The molecule has 0 aliphatic rings. The number of rotatable bonds is 5. The number of carbonyl (C=O) groups is 1. The molecule has 0 aliphatic carbocycles. The largest absolute Gasteiger partial charge is 0.465 e. The first-order valence-electron chi connectivity index (χ1n) is 6.83. The van der Waals surface area contributed by atoms with Gasteiger partial charge >= 0.3 is 5.97 Å². The van der Waals surface area contributed by atoms with Crippen molar-refractivity contribution < 1.29 is 9.53 Å². The lowest BCUT2D eigenvalue weighted by atomic mass is 10.2. The number of fused-ring (bicyclic) bond motifs is 1. The number of benzene rings is 1. The molecule has 0 radical (unpaired) electrons. The van der Waals surface area contributed by atoms with Crippen LogP contribution >= 0.6 is 11.8 Å². The second-order valence-corrected chi connectivity index (χ2v) is 6.01. The summed E-state index contributed by atoms with van der Waals surface area (Å²) < 4.78 is 6.58. The van der Waals surface area contributed by atoms with Crippen molar-refractivity contribution >= 4 is 28.6 Å². The van der Waals surface area contributed by atoms with E-state index in [0.29, 0.717) is 22.7 Å². The molecule has 0 amide bonds. The zero-order chi connectivity index (χ0) is 15.4. The first-order chi connectivity index (χ1) is 10.0. The third-order valence-electron chi connectivity index (χ3n) is 3.00. The molecule has 2 aromatic rings. The zero-order valence-corrected chi connectivity index (χ0v) is 13.1. The van der Waals surface area contributed by atoms with Crippen molar-refractivity contribution in [1.29, 1.82) is 0 Å². The third-order valence-corrected chi connectivity index (χ3v) is 4.13. The molecule has 21 heavy (non-hydrogen) atoms. The van der Waals surface area contributed by atoms with Crippen LogP contribution in [-0.2, 0) is 16.6 Å². The van der Waals surface area contributed by atoms with Crippen molar-refractivity contribution in [2.75, 3.05) is 6.61 Å². The summed E-state index contributed by atoms with van der Waals surface area (Å²) >= 11 is 1.24. The molecule has 1 atom stereocenters. The molecule has 112 valence electrons. The van der Waals surface area contributed by atoms with E-state index >= 15 is 0 Å². The Balaban J connectivity index is 2.28. The Morgan fingerprint density at radius 1 is 1.43 bits per heavy atom. The van der Waals surface area contributed by atoms with E-state index in [1.165, 1.54) is 16.3 Å². The maximum Gasteiger partial charge on any atom is 0.319 e. The van der Waals surface area contributed by atoms with E-state index in [1.54, 1.807) is 26.1 Å². The first-order valence-corrected chi connectivity index (χ1v) is 7.71. The van der Waals surface area contributed by atoms with E-state index in [0.717, 1.165) is 6.42 Å². The molecule has 6 heteroatoms. The minimum atomic E-state index is -0.407. The Kier molecular flexibility index (Phi) is 5.01. The van der Waals surface area contributed by atoms with Gasteiger partial charge in [-0.15, -0.1) is 0 Å². The number of esters is 1. The summed E-state index contributed by atoms with van der Waals surface area (Å²) in [5.41, 5.74) is 0.523. The van der Waals surface area contributed by atoms with Gasteiger partial charge in [0, 0.05) is 7.05 Å². The van der Waals surface area contributed by atoms with E-state index < -0.39 is 5.25 Å². The molecule has 0 N–H and O–H groups in total. The Labute approximate surface area is 127 Å². The predicted octanol–water partition coefficient (Wildman–Crippen LogP) is 2.37. The van der Waals surface area contributed by atoms with Gasteiger partial charge < -0.3 is 4.74 Å². The van der Waals surface area contributed by atoms with E-state index in [4.69, 9.17) is 4.74 Å². The van der Waals surface area contributed by atoms with Crippen LogP contribution in [-0.4, -0.2) is 27.4 Å². The van der Waals surface area contributed by atoms with Gasteiger partial charge in [0.2, 0.25) is 0 Å². The van der Waals surface area contributed by atoms with Gasteiger partial charge in [0.05, 0.1) is 17.5 Å². The second kappa shape index (κ2) is 6.76. The van der Waals surface area contributed by atoms with E-state index in [-0.39, 0.29) is 11.5 Å². The lowest BCUT2D eigenvalue weighted by Gasteiger charge is -2.13. The van der Waals surface area contributed by atoms with E-state index in [1.807, 2.05) is 19.1 Å². The Morgan fingerprint density at radius 3 is 2.86 bits per heavy atom. The maximum atomic E-state index is 12.3. The Bertz CT molecular complexity index is 712. The van der Waals surface area contributed by atoms with Gasteiger partial charge in [-0.2, -0.15) is 0 Å². The van der Waals surface area contributed by atoms with Crippen molar-refractivity contribution in [2.45, 2.75) is 30.7 Å². The van der Waals surface area contributed by atoms with Crippen LogP contribution in [0.25, 0.3) is 10.9 Å². The molecular weight excluding hydrogens is 288 g/mol. The van der Waals surface area contributed by atoms with E-state index in [9.17, 15) is 9.59 Å². The molecule has 0 unspecified atom stereocenters. The second-order valence-electron chi connectivity index (χ2n) is 4.70. The molecule has 0 fully saturated rings. The monoisotopic (exact) mass is 306 g/mol. The molecule has 1 aromatic heterocycles. The number of hydrogen-bond acceptors (Lipinski definition) is 5. The normalized spacial score (nSPS) is 12.3. The summed E-state index contributed by atoms with van der Waals surface area (Å²) in [4.78, 5) is 28.5. The topological polar surface area (TPSA) is 61.2 Å². The highest BCUT2D eigenvalue weighted by Gasteiger charge is 2.19. The lowest BCUT2D eigenvalue weighted by Crippen LogP contribution is -2.23. The number of aromatic nitrogens is 2. The van der Waals surface area contributed by atoms with Gasteiger partial charge in [0.1, 0.15) is 5.25 Å². The average Bonchev–Trinajstić information content (AvgIpc) is 2.49. The minimum Gasteiger partial charge on any atom is -0.465 e. The lowest BCUT2D eigenvalue weighted by molar-refractivity contribution is -0.142. The smallest absolute Gasteiger partial charge is 0.319 e. The Morgan fingerprint density at radius 2 is 2.14 bits per heavy atom. The highest BCUT2D eigenvalue weighted by Crippen LogP contribution is 2.22. The molecule has 1 heterocycles. The van der Waals surface area contributed by atoms with Crippen LogP contribution in [0.4, 0.5) is 0 Å². The highest BCUT2D eigenvalue weighted by molar-refractivity contribution is 8.00. The van der Waals surface area contributed by atoms with Crippen LogP contribution in [0.1, 0.15) is 20.3 Å². The van der Waals surface area contributed by atoms with Crippen LogP contribution in [0, 0.1) is 0 Å². The summed E-state index contributed by atoms with van der Waals surface area (Å²) in [7, 11) is 1.66. The van der Waals surface area contributed by atoms with Crippen LogP contribution in [0.3, 0.4) is 0 Å². The van der Waals surface area contributed by atoms with E-state index in [2.05, 4.69) is 4.98 Å². The predicted molar refractivity (Wildman–Crippen MR) is 83.6 cm³/mol. The summed E-state index contributed by atoms with van der Waals surface area (Å²) in [6.07, 6.45) is 0.788. The highest BCUT2D eigenvalue weighted by atomic mass is 32.2. The number of nitrogens with zero attached hydrogens (tertiary/aromatic N) is 2. The molecule has 5 nitrogen and oxygen atoms in total. The van der Waals surface area contributed by atoms with Crippen LogP contribution < -0.4 is 5.56 Å². The van der Waals surface area contributed by atoms with Crippen LogP contribution in [0.5, 0.6) is 0 Å². The molecule has 0 bridgehead atoms. The SMILES string of the molecule is CCCOC(=O)[C@H](C)Sc1nc2ccccc2c(=O)n1C. The van der Waals surface area contributed by atoms with Gasteiger partial charge in [-0.1, -0.05) is 30.8 Å². The molecule has 0 aliphatic heterocycles. The number of ether oxygens (including phenoxy) is 1. The number of para-hydroxylation sites is 1. The zero-order valence-electron chi connectivity index (χ0n) is 12.3. The maximum absolute atomic E-state index is 12.3. The molecule has 2 rings (SSSR count). The molecular formula is C15H18N2O3S. The first kappa shape index (κ1) is 15.6. The summed E-state index contributed by atoms with van der Waals surface area (Å²) in [5.74, 6) is -0.288. The van der Waals surface area contributed by atoms with Gasteiger partial charge in [0.15, 0.2) is 5.16 Å². The summed E-state index contributed by atoms with van der Waals surface area (Å²) in [6.45, 7) is 4.11. The molecule has 0 saturated heterocycles. The van der Waals surface area contributed by atoms with Gasteiger partial charge in [-0.25, -0.2) is 4.98 Å². The van der Waals surface area contributed by atoms with Gasteiger partial charge in [0.25, 0.3) is 5.56 Å². The fourth-order valence-electron chi connectivity index (χ4n) is 1.83. The Hall–Kier alpha value is -1.82. The van der Waals surface area contributed by atoms with Crippen molar-refractivity contribution in [3.05, 3.63) is 34.6 Å².